The van der Waals surface area contributed by atoms with E-state index in [0.29, 0.717) is 6.54 Å². The quantitative estimate of drug-likeness (QED) is 0.825. The van der Waals surface area contributed by atoms with E-state index >= 15 is 0 Å². The molecule has 0 aromatic heterocycles. The van der Waals surface area contributed by atoms with E-state index in [9.17, 15) is 4.79 Å². The summed E-state index contributed by atoms with van der Waals surface area (Å²) in [5.74, 6) is 0.818. The maximum absolute atomic E-state index is 12.5. The molecule has 1 unspecified atom stereocenters. The minimum Gasteiger partial charge on any atom is -0.496 e. The highest BCUT2D eigenvalue weighted by Gasteiger charge is 2.21. The van der Waals surface area contributed by atoms with Crippen molar-refractivity contribution in [3.8, 4) is 5.75 Å². The van der Waals surface area contributed by atoms with E-state index in [1.807, 2.05) is 55.5 Å². The van der Waals surface area contributed by atoms with Gasteiger partial charge in [-0.3, -0.25) is 9.69 Å². The number of hydrogen-bond donors (Lipinski definition) is 1. The van der Waals surface area contributed by atoms with Gasteiger partial charge in [0.2, 0.25) is 5.91 Å². The molecule has 1 aliphatic rings. The molecule has 1 heterocycles. The highest BCUT2D eigenvalue weighted by molar-refractivity contribution is 6.33. The van der Waals surface area contributed by atoms with Crippen LogP contribution < -0.4 is 15.0 Å². The lowest BCUT2D eigenvalue weighted by molar-refractivity contribution is -0.123. The third kappa shape index (κ3) is 4.93. The maximum Gasteiger partial charge on any atom is 0.234 e. The minimum atomic E-state index is -0.0990. The number of carbonyl (C=O) groups excluding carboxylic acids is 1. The standard InChI is InChI=1S/C21H26ClN3O2/c1-16(17-7-3-6-10-20(17)27-2)23-21(26)15-24-11-13-25(14-12-24)19-9-5-4-8-18(19)22/h3-10,16H,11-15H2,1-2H3,(H,23,26). The van der Waals surface area contributed by atoms with E-state index in [1.165, 1.54) is 0 Å². The fraction of sp³-hybridized carbons (Fsp3) is 0.381. The molecule has 1 fully saturated rings. The molecule has 1 N–H and O–H groups in total. The SMILES string of the molecule is COc1ccccc1C(C)NC(=O)CN1CCN(c2ccccc2Cl)CC1. The summed E-state index contributed by atoms with van der Waals surface area (Å²) in [7, 11) is 1.64. The van der Waals surface area contributed by atoms with Crippen LogP contribution in [0, 0.1) is 0 Å². The molecule has 2 aromatic rings. The number of methoxy groups -OCH3 is 1. The molecule has 0 spiro atoms. The number of halogens is 1. The van der Waals surface area contributed by atoms with Crippen LogP contribution in [0.25, 0.3) is 0 Å². The van der Waals surface area contributed by atoms with Crippen LogP contribution in [0.2, 0.25) is 5.02 Å². The summed E-state index contributed by atoms with van der Waals surface area (Å²) in [4.78, 5) is 16.9. The zero-order valence-corrected chi connectivity index (χ0v) is 16.6. The topological polar surface area (TPSA) is 44.8 Å². The first-order chi connectivity index (χ1) is 13.1. The van der Waals surface area contributed by atoms with Crippen molar-refractivity contribution in [1.82, 2.24) is 10.2 Å². The van der Waals surface area contributed by atoms with Gasteiger partial charge in [-0.05, 0) is 25.1 Å². The number of piperazine rings is 1. The molecule has 0 bridgehead atoms. The van der Waals surface area contributed by atoms with E-state index in [4.69, 9.17) is 16.3 Å². The molecule has 2 aromatic carbocycles. The van der Waals surface area contributed by atoms with Crippen molar-refractivity contribution in [2.24, 2.45) is 0 Å². The van der Waals surface area contributed by atoms with Gasteiger partial charge in [-0.15, -0.1) is 0 Å². The van der Waals surface area contributed by atoms with E-state index in [1.54, 1.807) is 7.11 Å². The summed E-state index contributed by atoms with van der Waals surface area (Å²) >= 11 is 6.29. The summed E-state index contributed by atoms with van der Waals surface area (Å²) in [5, 5.41) is 3.85. The number of nitrogens with one attached hydrogen (secondary N) is 1. The van der Waals surface area contributed by atoms with Crippen LogP contribution in [0.4, 0.5) is 5.69 Å². The zero-order chi connectivity index (χ0) is 19.2. The predicted molar refractivity (Wildman–Crippen MR) is 110 cm³/mol. The van der Waals surface area contributed by atoms with Gasteiger partial charge in [-0.25, -0.2) is 0 Å². The molecule has 1 aliphatic heterocycles. The van der Waals surface area contributed by atoms with Crippen molar-refractivity contribution in [2.75, 3.05) is 44.7 Å². The molecule has 0 radical (unpaired) electrons. The lowest BCUT2D eigenvalue weighted by Gasteiger charge is -2.36. The van der Waals surface area contributed by atoms with Gasteiger partial charge >= 0.3 is 0 Å². The van der Waals surface area contributed by atoms with Crippen molar-refractivity contribution >= 4 is 23.2 Å². The second-order valence-electron chi connectivity index (χ2n) is 6.75. The Labute approximate surface area is 165 Å². The lowest BCUT2D eigenvalue weighted by atomic mass is 10.1. The van der Waals surface area contributed by atoms with Crippen molar-refractivity contribution in [3.05, 3.63) is 59.1 Å². The van der Waals surface area contributed by atoms with Crippen LogP contribution in [-0.4, -0.2) is 50.6 Å². The summed E-state index contributed by atoms with van der Waals surface area (Å²) in [6.45, 7) is 5.77. The van der Waals surface area contributed by atoms with Gasteiger partial charge in [-0.1, -0.05) is 41.9 Å². The molecular formula is C21H26ClN3O2. The zero-order valence-electron chi connectivity index (χ0n) is 15.8. The second kappa shape index (κ2) is 9.11. The number of amides is 1. The Morgan fingerprint density at radius 3 is 2.48 bits per heavy atom. The predicted octanol–water partition coefficient (Wildman–Crippen LogP) is 3.35. The molecule has 1 atom stereocenters. The van der Waals surface area contributed by atoms with Crippen LogP contribution in [0.1, 0.15) is 18.5 Å². The van der Waals surface area contributed by atoms with E-state index in [2.05, 4.69) is 15.1 Å². The molecule has 0 saturated carbocycles. The van der Waals surface area contributed by atoms with Crippen LogP contribution >= 0.6 is 11.6 Å². The summed E-state index contributed by atoms with van der Waals surface area (Å²) in [5.41, 5.74) is 2.05. The molecule has 1 amide bonds. The number of hydrogen-bond acceptors (Lipinski definition) is 4. The average Bonchev–Trinajstić information content (AvgIpc) is 2.69. The number of para-hydroxylation sites is 2. The molecule has 6 heteroatoms. The molecule has 0 aliphatic carbocycles. The highest BCUT2D eigenvalue weighted by Crippen LogP contribution is 2.26. The molecule has 5 nitrogen and oxygen atoms in total. The van der Waals surface area contributed by atoms with Gasteiger partial charge in [0, 0.05) is 31.7 Å². The first-order valence-corrected chi connectivity index (χ1v) is 9.60. The lowest BCUT2D eigenvalue weighted by Crippen LogP contribution is -2.49. The van der Waals surface area contributed by atoms with Crippen LogP contribution in [0.5, 0.6) is 5.75 Å². The first-order valence-electron chi connectivity index (χ1n) is 9.22. The van der Waals surface area contributed by atoms with Gasteiger partial charge < -0.3 is 15.0 Å². The van der Waals surface area contributed by atoms with E-state index in [0.717, 1.165) is 48.2 Å². The number of carbonyl (C=O) groups is 1. The monoisotopic (exact) mass is 387 g/mol. The largest absolute Gasteiger partial charge is 0.496 e. The Kier molecular flexibility index (Phi) is 6.58. The third-order valence-electron chi connectivity index (χ3n) is 4.92. The first kappa shape index (κ1) is 19.5. The number of anilines is 1. The van der Waals surface area contributed by atoms with E-state index < -0.39 is 0 Å². The van der Waals surface area contributed by atoms with Crippen molar-refractivity contribution < 1.29 is 9.53 Å². The average molecular weight is 388 g/mol. The molecule has 27 heavy (non-hydrogen) atoms. The minimum absolute atomic E-state index is 0.0274. The number of ether oxygens (including phenoxy) is 1. The van der Waals surface area contributed by atoms with Gasteiger partial charge in [0.25, 0.3) is 0 Å². The Hall–Kier alpha value is -2.24. The van der Waals surface area contributed by atoms with Gasteiger partial charge in [0.05, 0.1) is 30.4 Å². The molecule has 3 rings (SSSR count). The number of rotatable bonds is 6. The van der Waals surface area contributed by atoms with Gasteiger partial charge in [0.1, 0.15) is 5.75 Å². The smallest absolute Gasteiger partial charge is 0.234 e. The van der Waals surface area contributed by atoms with Crippen molar-refractivity contribution in [3.63, 3.8) is 0 Å². The Bertz CT molecular complexity index is 776. The summed E-state index contributed by atoms with van der Waals surface area (Å²) in [6.07, 6.45) is 0. The number of benzene rings is 2. The Balaban J connectivity index is 1.50. The maximum atomic E-state index is 12.5. The molecule has 144 valence electrons. The summed E-state index contributed by atoms with van der Waals surface area (Å²) in [6, 6.07) is 15.6. The third-order valence-corrected chi connectivity index (χ3v) is 5.24. The van der Waals surface area contributed by atoms with Crippen LogP contribution in [-0.2, 0) is 4.79 Å². The second-order valence-corrected chi connectivity index (χ2v) is 7.15. The van der Waals surface area contributed by atoms with Crippen molar-refractivity contribution in [2.45, 2.75) is 13.0 Å². The fourth-order valence-electron chi connectivity index (χ4n) is 3.45. The molecular weight excluding hydrogens is 362 g/mol. The van der Waals surface area contributed by atoms with Gasteiger partial charge in [-0.2, -0.15) is 0 Å². The Morgan fingerprint density at radius 1 is 1.11 bits per heavy atom. The van der Waals surface area contributed by atoms with E-state index in [-0.39, 0.29) is 11.9 Å². The normalized spacial score (nSPS) is 16.0. The summed E-state index contributed by atoms with van der Waals surface area (Å²) < 4.78 is 5.38. The molecule has 1 saturated heterocycles. The van der Waals surface area contributed by atoms with Gasteiger partial charge in [0.15, 0.2) is 0 Å². The highest BCUT2D eigenvalue weighted by atomic mass is 35.5. The van der Waals surface area contributed by atoms with Crippen LogP contribution in [0.15, 0.2) is 48.5 Å². The van der Waals surface area contributed by atoms with Crippen molar-refractivity contribution in [1.29, 1.82) is 0 Å². The number of nitrogens with zero attached hydrogens (tertiary/aromatic N) is 2. The van der Waals surface area contributed by atoms with Crippen LogP contribution in [0.3, 0.4) is 0 Å². The fourth-order valence-corrected chi connectivity index (χ4v) is 3.70. The Morgan fingerprint density at radius 2 is 1.78 bits per heavy atom.